The van der Waals surface area contributed by atoms with Crippen molar-refractivity contribution in [3.63, 3.8) is 0 Å². The van der Waals surface area contributed by atoms with Crippen molar-refractivity contribution < 1.29 is 19.4 Å². The summed E-state index contributed by atoms with van der Waals surface area (Å²) < 4.78 is 10.6. The Kier molecular flexibility index (Phi) is 6.68. The fourth-order valence-electron chi connectivity index (χ4n) is 2.64. The first-order chi connectivity index (χ1) is 10.7. The summed E-state index contributed by atoms with van der Waals surface area (Å²) in [6, 6.07) is 7.59. The van der Waals surface area contributed by atoms with Gasteiger partial charge in [-0.2, -0.15) is 0 Å². The number of aliphatic hydroxyl groups excluding tert-OH is 1. The van der Waals surface area contributed by atoms with Crippen LogP contribution in [0.3, 0.4) is 0 Å². The van der Waals surface area contributed by atoms with Crippen molar-refractivity contribution in [2.24, 2.45) is 5.92 Å². The molecule has 0 unspecified atom stereocenters. The highest BCUT2D eigenvalue weighted by Gasteiger charge is 2.22. The van der Waals surface area contributed by atoms with Crippen LogP contribution in [0.4, 0.5) is 0 Å². The van der Waals surface area contributed by atoms with Crippen LogP contribution in [0.2, 0.25) is 0 Å². The molecule has 2 N–H and O–H groups in total. The second-order valence-electron chi connectivity index (χ2n) is 5.74. The number of hydrogen-bond donors (Lipinski definition) is 2. The monoisotopic (exact) mass is 307 g/mol. The number of methoxy groups -OCH3 is 1. The van der Waals surface area contributed by atoms with Crippen LogP contribution in [0, 0.1) is 5.92 Å². The highest BCUT2D eigenvalue weighted by molar-refractivity contribution is 5.78. The molecule has 0 spiro atoms. The van der Waals surface area contributed by atoms with Gasteiger partial charge in [-0.05, 0) is 30.5 Å². The number of benzene rings is 1. The van der Waals surface area contributed by atoms with Crippen molar-refractivity contribution in [3.8, 4) is 5.75 Å². The molecule has 1 aliphatic carbocycles. The molecular formula is C17H25NO4. The zero-order valence-corrected chi connectivity index (χ0v) is 13.1. The predicted molar refractivity (Wildman–Crippen MR) is 83.6 cm³/mol. The Bertz CT molecular complexity index is 454. The largest absolute Gasteiger partial charge is 0.497 e. The minimum Gasteiger partial charge on any atom is -0.497 e. The molecule has 1 saturated carbocycles. The molecule has 2 rings (SSSR count). The average molecular weight is 307 g/mol. The predicted octanol–water partition coefficient (Wildman–Crippen LogP) is 1.88. The normalized spacial score (nSPS) is 16.5. The number of rotatable bonds is 8. The molecule has 1 fully saturated rings. The van der Waals surface area contributed by atoms with Crippen molar-refractivity contribution in [2.75, 3.05) is 20.3 Å². The molecule has 0 radical (unpaired) electrons. The van der Waals surface area contributed by atoms with E-state index in [-0.39, 0.29) is 25.0 Å². The van der Waals surface area contributed by atoms with Crippen LogP contribution >= 0.6 is 0 Å². The topological polar surface area (TPSA) is 67.8 Å². The van der Waals surface area contributed by atoms with E-state index in [0.29, 0.717) is 6.61 Å². The lowest BCUT2D eigenvalue weighted by molar-refractivity contribution is -0.125. The van der Waals surface area contributed by atoms with Crippen LogP contribution < -0.4 is 10.1 Å². The summed E-state index contributed by atoms with van der Waals surface area (Å²) in [5.41, 5.74) is 1.02. The molecule has 22 heavy (non-hydrogen) atoms. The minimum atomic E-state index is -0.677. The summed E-state index contributed by atoms with van der Waals surface area (Å²) in [4.78, 5) is 11.8. The first kappa shape index (κ1) is 16.8. The Morgan fingerprint density at radius 3 is 2.64 bits per heavy atom. The third-order valence-corrected chi connectivity index (χ3v) is 3.98. The van der Waals surface area contributed by atoms with E-state index in [4.69, 9.17) is 9.47 Å². The summed E-state index contributed by atoms with van der Waals surface area (Å²) in [6.45, 7) is 0.881. The van der Waals surface area contributed by atoms with Crippen LogP contribution in [-0.2, 0) is 16.1 Å². The Morgan fingerprint density at radius 1 is 1.32 bits per heavy atom. The van der Waals surface area contributed by atoms with Crippen molar-refractivity contribution in [1.29, 1.82) is 0 Å². The Balaban J connectivity index is 1.60. The van der Waals surface area contributed by atoms with E-state index in [9.17, 15) is 9.90 Å². The fourth-order valence-corrected chi connectivity index (χ4v) is 2.64. The lowest BCUT2D eigenvalue weighted by atomic mass is 10.1. The minimum absolute atomic E-state index is 0.0618. The van der Waals surface area contributed by atoms with Gasteiger partial charge < -0.3 is 19.9 Å². The van der Waals surface area contributed by atoms with Crippen LogP contribution in [0.5, 0.6) is 5.75 Å². The SMILES string of the molecule is COc1ccc(COC[C@@H](O)CNC(=O)C2CCCC2)cc1. The van der Waals surface area contributed by atoms with Gasteiger partial charge in [-0.15, -0.1) is 0 Å². The second-order valence-corrected chi connectivity index (χ2v) is 5.74. The molecule has 0 aromatic heterocycles. The van der Waals surface area contributed by atoms with E-state index in [1.54, 1.807) is 7.11 Å². The Morgan fingerprint density at radius 2 is 2.00 bits per heavy atom. The molecule has 5 nitrogen and oxygen atoms in total. The van der Waals surface area contributed by atoms with Crippen LogP contribution in [0.1, 0.15) is 31.2 Å². The van der Waals surface area contributed by atoms with Crippen molar-refractivity contribution in [2.45, 2.75) is 38.4 Å². The van der Waals surface area contributed by atoms with Crippen LogP contribution in [0.25, 0.3) is 0 Å². The van der Waals surface area contributed by atoms with Gasteiger partial charge in [-0.1, -0.05) is 25.0 Å². The first-order valence-electron chi connectivity index (χ1n) is 7.85. The number of hydrogen-bond acceptors (Lipinski definition) is 4. The van der Waals surface area contributed by atoms with Crippen molar-refractivity contribution >= 4 is 5.91 Å². The maximum atomic E-state index is 11.8. The van der Waals surface area contributed by atoms with Gasteiger partial charge in [0.05, 0.1) is 26.4 Å². The third-order valence-electron chi connectivity index (χ3n) is 3.98. The zero-order valence-electron chi connectivity index (χ0n) is 13.1. The summed E-state index contributed by atoms with van der Waals surface area (Å²) in [5.74, 6) is 0.998. The van der Waals surface area contributed by atoms with Crippen LogP contribution in [0.15, 0.2) is 24.3 Å². The molecule has 0 aliphatic heterocycles. The number of amides is 1. The summed E-state index contributed by atoms with van der Waals surface area (Å²) in [6.07, 6.45) is 3.52. The van der Waals surface area contributed by atoms with Gasteiger partial charge >= 0.3 is 0 Å². The standard InChI is InChI=1S/C17H25NO4/c1-21-16-8-6-13(7-9-16)11-22-12-15(19)10-18-17(20)14-4-2-3-5-14/h6-9,14-15,19H,2-5,10-12H2,1H3,(H,18,20)/t15-/m0/s1. The van der Waals surface area contributed by atoms with Gasteiger partial charge in [0.25, 0.3) is 0 Å². The van der Waals surface area contributed by atoms with Gasteiger partial charge in [0.15, 0.2) is 0 Å². The van der Waals surface area contributed by atoms with E-state index in [0.717, 1.165) is 37.0 Å². The summed E-state index contributed by atoms with van der Waals surface area (Å²) in [5, 5.41) is 12.6. The van der Waals surface area contributed by atoms with E-state index in [1.807, 2.05) is 24.3 Å². The van der Waals surface area contributed by atoms with E-state index in [2.05, 4.69) is 5.32 Å². The molecule has 1 aromatic rings. The maximum Gasteiger partial charge on any atom is 0.223 e. The van der Waals surface area contributed by atoms with E-state index >= 15 is 0 Å². The van der Waals surface area contributed by atoms with E-state index in [1.165, 1.54) is 0 Å². The Labute approximate surface area is 131 Å². The van der Waals surface area contributed by atoms with Gasteiger partial charge in [0, 0.05) is 12.5 Å². The molecule has 1 amide bonds. The van der Waals surface area contributed by atoms with E-state index < -0.39 is 6.10 Å². The van der Waals surface area contributed by atoms with Gasteiger partial charge in [0.2, 0.25) is 5.91 Å². The first-order valence-corrected chi connectivity index (χ1v) is 7.85. The molecule has 122 valence electrons. The molecule has 1 aliphatic rings. The maximum absolute atomic E-state index is 11.8. The highest BCUT2D eigenvalue weighted by Crippen LogP contribution is 2.24. The van der Waals surface area contributed by atoms with Crippen LogP contribution in [-0.4, -0.2) is 37.4 Å². The van der Waals surface area contributed by atoms with Gasteiger partial charge in [0.1, 0.15) is 5.75 Å². The molecule has 0 saturated heterocycles. The zero-order chi connectivity index (χ0) is 15.8. The quantitative estimate of drug-likeness (QED) is 0.769. The van der Waals surface area contributed by atoms with Crippen molar-refractivity contribution in [1.82, 2.24) is 5.32 Å². The summed E-state index contributed by atoms with van der Waals surface area (Å²) in [7, 11) is 1.63. The molecule has 0 heterocycles. The summed E-state index contributed by atoms with van der Waals surface area (Å²) >= 11 is 0. The highest BCUT2D eigenvalue weighted by atomic mass is 16.5. The molecule has 1 aromatic carbocycles. The number of carbonyl (C=O) groups is 1. The fraction of sp³-hybridized carbons (Fsp3) is 0.588. The van der Waals surface area contributed by atoms with Gasteiger partial charge in [-0.25, -0.2) is 0 Å². The number of nitrogens with one attached hydrogen (secondary N) is 1. The number of carbonyl (C=O) groups excluding carboxylic acids is 1. The lowest BCUT2D eigenvalue weighted by Crippen LogP contribution is -2.37. The Hall–Kier alpha value is -1.59. The number of ether oxygens (including phenoxy) is 2. The third kappa shape index (κ3) is 5.31. The smallest absolute Gasteiger partial charge is 0.223 e. The molecular weight excluding hydrogens is 282 g/mol. The lowest BCUT2D eigenvalue weighted by Gasteiger charge is -2.15. The van der Waals surface area contributed by atoms with Gasteiger partial charge in [-0.3, -0.25) is 4.79 Å². The average Bonchev–Trinajstić information content (AvgIpc) is 3.08. The molecule has 1 atom stereocenters. The molecule has 0 bridgehead atoms. The second kappa shape index (κ2) is 8.76. The van der Waals surface area contributed by atoms with Crippen molar-refractivity contribution in [3.05, 3.63) is 29.8 Å². The molecule has 5 heteroatoms. The number of aliphatic hydroxyl groups is 1.